The molecular weight excluding hydrogens is 570 g/mol. The van der Waals surface area contributed by atoms with Crippen molar-refractivity contribution in [1.82, 2.24) is 9.88 Å². The van der Waals surface area contributed by atoms with Crippen molar-refractivity contribution < 1.29 is 24.2 Å². The number of hydrogen-bond donors (Lipinski definition) is 2. The van der Waals surface area contributed by atoms with Gasteiger partial charge in [-0.3, -0.25) is 14.6 Å². The molecule has 4 heterocycles. The van der Waals surface area contributed by atoms with Gasteiger partial charge in [-0.15, -0.1) is 0 Å². The number of carbonyl (C=O) groups is 1. The number of phenolic OH excluding ortho intramolecular Hbond substituents is 2. The predicted molar refractivity (Wildman–Crippen MR) is 165 cm³/mol. The molecule has 2 atom stereocenters. The van der Waals surface area contributed by atoms with Gasteiger partial charge in [-0.25, -0.2) is 0 Å². The van der Waals surface area contributed by atoms with Crippen molar-refractivity contribution in [3.8, 4) is 22.8 Å². The Kier molecular flexibility index (Phi) is 8.03. The maximum atomic E-state index is 13.5. The summed E-state index contributed by atoms with van der Waals surface area (Å²) in [5, 5.41) is 22.2. The number of ether oxygens (including phenoxy) is 1. The molecule has 2 aliphatic heterocycles. The molecule has 2 fully saturated rings. The minimum absolute atomic E-state index is 0.0358. The normalized spacial score (nSPS) is 19.9. The number of likely N-dealkylation sites (tertiary alicyclic amines) is 1. The quantitative estimate of drug-likeness (QED) is 0.286. The molecule has 2 aromatic heterocycles. The van der Waals surface area contributed by atoms with Crippen LogP contribution < -0.4 is 10.3 Å². The molecule has 2 N–H and O–H groups in total. The highest BCUT2D eigenvalue weighted by Crippen LogP contribution is 2.44. The van der Waals surface area contributed by atoms with E-state index in [2.05, 4.69) is 14.8 Å². The summed E-state index contributed by atoms with van der Waals surface area (Å²) in [5.41, 5.74) is 2.50. The lowest BCUT2D eigenvalue weighted by Gasteiger charge is -2.38. The van der Waals surface area contributed by atoms with Gasteiger partial charge in [0.2, 0.25) is 0 Å². The Morgan fingerprint density at radius 1 is 1.05 bits per heavy atom. The van der Waals surface area contributed by atoms with Crippen LogP contribution in [0, 0.1) is 12.8 Å². The number of fused-ring (bicyclic) bond motifs is 1. The van der Waals surface area contributed by atoms with Crippen molar-refractivity contribution >= 4 is 34.2 Å². The van der Waals surface area contributed by atoms with Gasteiger partial charge in [0.05, 0.1) is 10.9 Å². The van der Waals surface area contributed by atoms with Crippen molar-refractivity contribution in [2.45, 2.75) is 38.2 Å². The zero-order chi connectivity index (χ0) is 30.2. The Balaban J connectivity index is 1.30. The van der Waals surface area contributed by atoms with Gasteiger partial charge in [-0.1, -0.05) is 23.7 Å². The van der Waals surface area contributed by atoms with Crippen LogP contribution in [0.5, 0.6) is 11.5 Å². The summed E-state index contributed by atoms with van der Waals surface area (Å²) in [6.45, 7) is 4.55. The number of esters is 1. The summed E-state index contributed by atoms with van der Waals surface area (Å²) < 4.78 is 12.4. The van der Waals surface area contributed by atoms with E-state index in [9.17, 15) is 19.8 Å². The lowest BCUT2D eigenvalue weighted by molar-refractivity contribution is -0.158. The van der Waals surface area contributed by atoms with Crippen LogP contribution in [0.3, 0.4) is 0 Å². The Morgan fingerprint density at radius 3 is 2.56 bits per heavy atom. The number of carbonyl (C=O) groups excluding carboxylic acids is 1. The van der Waals surface area contributed by atoms with Crippen molar-refractivity contribution in [3.63, 3.8) is 0 Å². The third-order valence-corrected chi connectivity index (χ3v) is 8.94. The lowest BCUT2D eigenvalue weighted by Crippen LogP contribution is -2.45. The van der Waals surface area contributed by atoms with Crippen LogP contribution >= 0.6 is 11.6 Å². The van der Waals surface area contributed by atoms with E-state index < -0.39 is 17.5 Å². The summed E-state index contributed by atoms with van der Waals surface area (Å²) in [6.07, 6.45) is 3.07. The Labute approximate surface area is 254 Å². The number of aromatic hydroxyl groups is 2. The number of aryl methyl sites for hydroxylation is 1. The number of phenols is 2. The molecule has 2 saturated heterocycles. The van der Waals surface area contributed by atoms with Crippen LogP contribution in [-0.4, -0.2) is 65.4 Å². The van der Waals surface area contributed by atoms with Gasteiger partial charge < -0.3 is 29.2 Å². The summed E-state index contributed by atoms with van der Waals surface area (Å²) in [7, 11) is 1.96. The molecule has 6 rings (SSSR count). The van der Waals surface area contributed by atoms with E-state index in [1.165, 1.54) is 6.07 Å². The molecular formula is C33H34ClN3O6. The van der Waals surface area contributed by atoms with Crippen molar-refractivity contribution in [3.05, 3.63) is 81.2 Å². The molecule has 0 saturated carbocycles. The number of piperidine rings is 2. The number of anilines is 1. The number of hydrogen-bond acceptors (Lipinski definition) is 9. The van der Waals surface area contributed by atoms with Gasteiger partial charge in [0.15, 0.2) is 5.43 Å². The number of likely N-dealkylation sites (N-methyl/N-ethyl adjacent to an activating group) is 1. The smallest absolute Gasteiger partial charge is 0.309 e. The number of rotatable bonds is 5. The number of nitrogens with zero attached hydrogens (tertiary/aromatic N) is 3. The second-order valence-corrected chi connectivity index (χ2v) is 11.9. The number of aromatic nitrogens is 1. The minimum Gasteiger partial charge on any atom is -0.507 e. The zero-order valence-electron chi connectivity index (χ0n) is 24.1. The largest absolute Gasteiger partial charge is 0.507 e. The maximum absolute atomic E-state index is 13.5. The summed E-state index contributed by atoms with van der Waals surface area (Å²) in [4.78, 5) is 35.4. The second kappa shape index (κ2) is 11.9. The monoisotopic (exact) mass is 603 g/mol. The third kappa shape index (κ3) is 5.79. The highest BCUT2D eigenvalue weighted by atomic mass is 35.5. The van der Waals surface area contributed by atoms with Crippen LogP contribution in [0.15, 0.2) is 63.9 Å². The standard InChI is InChI=1S/C33H34ClN3O6/c1-19-15-21(7-11-35-19)37-13-8-20(9-14-37)33(41)43-29-18-36(2)12-10-23(29)30-25(38)16-26(39)31-27(40)17-28(42-32(30)31)22-5-3-4-6-24(22)34/h3-7,11,15-17,20,23,29,38-39H,8-10,12-14,18H2,1-2H3/t23-,29+/m0/s1. The first-order valence-electron chi connectivity index (χ1n) is 14.5. The SMILES string of the molecule is Cc1cc(N2CCC(C(=O)O[C@@H]3CN(C)CC[C@@H]3c3c(O)cc(O)c4c(=O)cc(-c5ccccc5Cl)oc34)CC2)ccn1. The molecule has 4 aromatic rings. The second-order valence-electron chi connectivity index (χ2n) is 11.5. The summed E-state index contributed by atoms with van der Waals surface area (Å²) in [5.74, 6) is -1.37. The molecule has 10 heteroatoms. The molecule has 0 spiro atoms. The fourth-order valence-electron chi connectivity index (χ4n) is 6.34. The first kappa shape index (κ1) is 29.0. The fourth-order valence-corrected chi connectivity index (χ4v) is 6.57. The summed E-state index contributed by atoms with van der Waals surface area (Å²) >= 11 is 6.40. The van der Waals surface area contributed by atoms with E-state index in [-0.39, 0.29) is 40.1 Å². The number of benzene rings is 2. The van der Waals surface area contributed by atoms with E-state index >= 15 is 0 Å². The Bertz CT molecular complexity index is 1730. The molecule has 9 nitrogen and oxygen atoms in total. The number of pyridine rings is 1. The molecule has 0 amide bonds. The molecule has 0 unspecified atom stereocenters. The molecule has 2 aliphatic rings. The highest BCUT2D eigenvalue weighted by Gasteiger charge is 2.38. The number of halogens is 1. The molecule has 0 radical (unpaired) electrons. The van der Waals surface area contributed by atoms with Crippen molar-refractivity contribution in [1.29, 1.82) is 0 Å². The summed E-state index contributed by atoms with van der Waals surface area (Å²) in [6, 6.07) is 13.5. The predicted octanol–water partition coefficient (Wildman–Crippen LogP) is 5.48. The molecule has 2 aromatic carbocycles. The molecule has 43 heavy (non-hydrogen) atoms. The van der Waals surface area contributed by atoms with E-state index in [1.807, 2.05) is 26.1 Å². The average molecular weight is 604 g/mol. The van der Waals surface area contributed by atoms with Crippen LogP contribution in [0.4, 0.5) is 5.69 Å². The van der Waals surface area contributed by atoms with Gasteiger partial charge in [0.25, 0.3) is 0 Å². The van der Waals surface area contributed by atoms with Gasteiger partial charge in [-0.2, -0.15) is 0 Å². The van der Waals surface area contributed by atoms with Gasteiger partial charge >= 0.3 is 5.97 Å². The average Bonchev–Trinajstić information content (AvgIpc) is 2.98. The Morgan fingerprint density at radius 2 is 1.81 bits per heavy atom. The van der Waals surface area contributed by atoms with E-state index in [4.69, 9.17) is 20.8 Å². The van der Waals surface area contributed by atoms with E-state index in [0.29, 0.717) is 48.5 Å². The van der Waals surface area contributed by atoms with Crippen LogP contribution in [0.25, 0.3) is 22.3 Å². The van der Waals surface area contributed by atoms with Crippen LogP contribution in [0.2, 0.25) is 5.02 Å². The van der Waals surface area contributed by atoms with Gasteiger partial charge in [-0.05, 0) is 64.0 Å². The minimum atomic E-state index is -0.597. The first-order valence-corrected chi connectivity index (χ1v) is 14.9. The molecule has 224 valence electrons. The lowest BCUT2D eigenvalue weighted by atomic mass is 9.85. The van der Waals surface area contributed by atoms with Crippen molar-refractivity contribution in [2.75, 3.05) is 38.1 Å². The third-order valence-electron chi connectivity index (χ3n) is 8.61. The van der Waals surface area contributed by atoms with E-state index in [1.54, 1.807) is 30.5 Å². The Hall–Kier alpha value is -4.08. The highest BCUT2D eigenvalue weighted by molar-refractivity contribution is 6.33. The maximum Gasteiger partial charge on any atom is 0.309 e. The fraction of sp³-hybridized carbons (Fsp3) is 0.364. The van der Waals surface area contributed by atoms with Crippen LogP contribution in [-0.2, 0) is 9.53 Å². The first-order chi connectivity index (χ1) is 20.7. The topological polar surface area (TPSA) is 116 Å². The molecule has 0 bridgehead atoms. The van der Waals surface area contributed by atoms with Crippen molar-refractivity contribution in [2.24, 2.45) is 5.92 Å². The van der Waals surface area contributed by atoms with Crippen LogP contribution in [0.1, 0.15) is 36.4 Å². The zero-order valence-corrected chi connectivity index (χ0v) is 24.9. The van der Waals surface area contributed by atoms with E-state index in [0.717, 1.165) is 30.5 Å². The van der Waals surface area contributed by atoms with Gasteiger partial charge in [0.1, 0.15) is 34.3 Å². The van der Waals surface area contributed by atoms with Gasteiger partial charge in [0, 0.05) is 66.4 Å². The molecule has 0 aliphatic carbocycles.